The van der Waals surface area contributed by atoms with Crippen LogP contribution in [0.2, 0.25) is 0 Å². The summed E-state index contributed by atoms with van der Waals surface area (Å²) >= 11 is 1.59. The maximum atomic E-state index is 4.97. The molecule has 0 amide bonds. The fraction of sp³-hybridized carbons (Fsp3) is 0.200. The average molecular weight is 221 g/mol. The number of pyridine rings is 1. The average Bonchev–Trinajstić information content (AvgIpc) is 2.80. The van der Waals surface area contributed by atoms with Crippen molar-refractivity contribution >= 4 is 17.0 Å². The molecular formula is C10H11N3OS. The molecule has 2 aromatic heterocycles. The van der Waals surface area contributed by atoms with E-state index in [1.165, 1.54) is 0 Å². The van der Waals surface area contributed by atoms with E-state index < -0.39 is 0 Å². The van der Waals surface area contributed by atoms with Gasteiger partial charge in [0.05, 0.1) is 36.7 Å². The molecule has 1 N–H and O–H groups in total. The Balaban J connectivity index is 1.93. The Bertz CT molecular complexity index is 399. The van der Waals surface area contributed by atoms with Crippen LogP contribution in [0, 0.1) is 0 Å². The highest BCUT2D eigenvalue weighted by Gasteiger charge is 1.96. The molecule has 5 heteroatoms. The summed E-state index contributed by atoms with van der Waals surface area (Å²) in [4.78, 5) is 8.27. The van der Waals surface area contributed by atoms with Crippen LogP contribution >= 0.6 is 11.3 Å². The topological polar surface area (TPSA) is 47.0 Å². The van der Waals surface area contributed by atoms with Crippen LogP contribution in [0.15, 0.2) is 29.2 Å². The van der Waals surface area contributed by atoms with Gasteiger partial charge in [-0.15, -0.1) is 11.3 Å². The van der Waals surface area contributed by atoms with Crippen molar-refractivity contribution in [3.05, 3.63) is 34.9 Å². The van der Waals surface area contributed by atoms with Gasteiger partial charge in [-0.1, -0.05) is 0 Å². The van der Waals surface area contributed by atoms with Crippen molar-refractivity contribution in [2.45, 2.75) is 6.54 Å². The highest BCUT2D eigenvalue weighted by Crippen LogP contribution is 2.12. The van der Waals surface area contributed by atoms with Gasteiger partial charge in [-0.05, 0) is 6.07 Å². The lowest BCUT2D eigenvalue weighted by Crippen LogP contribution is -2.00. The van der Waals surface area contributed by atoms with Crippen LogP contribution in [-0.2, 0) is 6.54 Å². The molecule has 15 heavy (non-hydrogen) atoms. The van der Waals surface area contributed by atoms with Gasteiger partial charge < -0.3 is 10.1 Å². The lowest BCUT2D eigenvalue weighted by atomic mass is 10.4. The first-order valence-corrected chi connectivity index (χ1v) is 5.44. The number of nitrogens with zero attached hydrogens (tertiary/aromatic N) is 2. The van der Waals surface area contributed by atoms with Crippen molar-refractivity contribution in [2.24, 2.45) is 0 Å². The van der Waals surface area contributed by atoms with Gasteiger partial charge in [0.25, 0.3) is 0 Å². The zero-order valence-corrected chi connectivity index (χ0v) is 9.12. The van der Waals surface area contributed by atoms with E-state index in [9.17, 15) is 0 Å². The molecule has 0 bridgehead atoms. The van der Waals surface area contributed by atoms with E-state index in [4.69, 9.17) is 4.74 Å². The Morgan fingerprint density at radius 3 is 2.93 bits per heavy atom. The van der Waals surface area contributed by atoms with Gasteiger partial charge in [-0.2, -0.15) is 0 Å². The number of hydrogen-bond acceptors (Lipinski definition) is 5. The molecule has 4 nitrogen and oxygen atoms in total. The largest absolute Gasteiger partial charge is 0.481 e. The van der Waals surface area contributed by atoms with E-state index in [1.54, 1.807) is 24.6 Å². The number of thiazole rings is 1. The minimum Gasteiger partial charge on any atom is -0.481 e. The van der Waals surface area contributed by atoms with E-state index in [2.05, 4.69) is 15.3 Å². The van der Waals surface area contributed by atoms with Crippen molar-refractivity contribution in [3.8, 4) is 5.88 Å². The molecule has 0 aromatic carbocycles. The Morgan fingerprint density at radius 2 is 2.33 bits per heavy atom. The molecule has 0 aliphatic rings. The third-order valence-electron chi connectivity index (χ3n) is 1.90. The molecule has 0 saturated carbocycles. The number of methoxy groups -OCH3 is 1. The molecule has 2 rings (SSSR count). The lowest BCUT2D eigenvalue weighted by Gasteiger charge is -2.04. The van der Waals surface area contributed by atoms with E-state index in [0.717, 1.165) is 17.9 Å². The van der Waals surface area contributed by atoms with Gasteiger partial charge >= 0.3 is 0 Å². The Kier molecular flexibility index (Phi) is 3.14. The second kappa shape index (κ2) is 4.75. The normalized spacial score (nSPS) is 9.93. The van der Waals surface area contributed by atoms with E-state index in [0.29, 0.717) is 5.88 Å². The smallest absolute Gasteiger partial charge is 0.213 e. The Labute approximate surface area is 92.0 Å². The van der Waals surface area contributed by atoms with Crippen LogP contribution in [0.3, 0.4) is 0 Å². The van der Waals surface area contributed by atoms with Gasteiger partial charge in [0, 0.05) is 11.4 Å². The van der Waals surface area contributed by atoms with Gasteiger partial charge in [0.2, 0.25) is 5.88 Å². The van der Waals surface area contributed by atoms with Crippen LogP contribution in [0.5, 0.6) is 5.88 Å². The summed E-state index contributed by atoms with van der Waals surface area (Å²) in [5.74, 6) is 0.620. The number of rotatable bonds is 4. The molecule has 0 aliphatic heterocycles. The summed E-state index contributed by atoms with van der Waals surface area (Å²) in [5.41, 5.74) is 3.82. The number of nitrogens with one attached hydrogen (secondary N) is 1. The van der Waals surface area contributed by atoms with Crippen molar-refractivity contribution in [1.29, 1.82) is 0 Å². The summed E-state index contributed by atoms with van der Waals surface area (Å²) in [6.07, 6.45) is 1.74. The maximum Gasteiger partial charge on any atom is 0.213 e. The zero-order chi connectivity index (χ0) is 10.5. The second-order valence-corrected chi connectivity index (χ2v) is 3.64. The van der Waals surface area contributed by atoms with Crippen LogP contribution in [-0.4, -0.2) is 17.1 Å². The first-order valence-electron chi connectivity index (χ1n) is 4.49. The fourth-order valence-corrected chi connectivity index (χ4v) is 1.68. The number of ether oxygens (including phenoxy) is 1. The maximum absolute atomic E-state index is 4.97. The molecule has 2 heterocycles. The molecule has 0 unspecified atom stereocenters. The minimum absolute atomic E-state index is 0.620. The first kappa shape index (κ1) is 9.92. The van der Waals surface area contributed by atoms with Crippen LogP contribution in [0.25, 0.3) is 0 Å². The van der Waals surface area contributed by atoms with Crippen molar-refractivity contribution in [2.75, 3.05) is 12.4 Å². The summed E-state index contributed by atoms with van der Waals surface area (Å²) < 4.78 is 4.97. The SMILES string of the molecule is COc1ccc(NCc2cscn2)cn1. The summed E-state index contributed by atoms with van der Waals surface area (Å²) in [5, 5.41) is 5.24. The predicted octanol–water partition coefficient (Wildman–Crippen LogP) is 2.16. The standard InChI is InChI=1S/C10H11N3OS/c1-14-10-3-2-8(4-12-10)11-5-9-6-15-7-13-9/h2-4,6-7,11H,5H2,1H3. The molecule has 0 fully saturated rings. The quantitative estimate of drug-likeness (QED) is 0.859. The van der Waals surface area contributed by atoms with Crippen LogP contribution < -0.4 is 10.1 Å². The molecule has 0 spiro atoms. The van der Waals surface area contributed by atoms with Crippen LogP contribution in [0.1, 0.15) is 5.69 Å². The van der Waals surface area contributed by atoms with E-state index in [1.807, 2.05) is 23.0 Å². The summed E-state index contributed by atoms with van der Waals surface area (Å²) in [6, 6.07) is 3.75. The molecule has 0 radical (unpaired) electrons. The van der Waals surface area contributed by atoms with Crippen molar-refractivity contribution < 1.29 is 4.74 Å². The molecular weight excluding hydrogens is 210 g/mol. The summed E-state index contributed by atoms with van der Waals surface area (Å²) in [6.45, 7) is 0.720. The summed E-state index contributed by atoms with van der Waals surface area (Å²) in [7, 11) is 1.60. The van der Waals surface area contributed by atoms with Gasteiger partial charge in [0.15, 0.2) is 0 Å². The molecule has 0 aliphatic carbocycles. The van der Waals surface area contributed by atoms with E-state index >= 15 is 0 Å². The highest BCUT2D eigenvalue weighted by atomic mass is 32.1. The van der Waals surface area contributed by atoms with Crippen molar-refractivity contribution in [1.82, 2.24) is 9.97 Å². The Morgan fingerprint density at radius 1 is 1.40 bits per heavy atom. The molecule has 0 saturated heterocycles. The third-order valence-corrected chi connectivity index (χ3v) is 2.54. The zero-order valence-electron chi connectivity index (χ0n) is 8.30. The van der Waals surface area contributed by atoms with Gasteiger partial charge in [0.1, 0.15) is 0 Å². The Hall–Kier alpha value is -1.62. The number of hydrogen-bond donors (Lipinski definition) is 1. The number of anilines is 1. The fourth-order valence-electron chi connectivity index (χ4n) is 1.12. The minimum atomic E-state index is 0.620. The monoisotopic (exact) mass is 221 g/mol. The van der Waals surface area contributed by atoms with Gasteiger partial charge in [-0.25, -0.2) is 9.97 Å². The second-order valence-electron chi connectivity index (χ2n) is 2.92. The van der Waals surface area contributed by atoms with E-state index in [-0.39, 0.29) is 0 Å². The molecule has 78 valence electrons. The predicted molar refractivity (Wildman–Crippen MR) is 60.2 cm³/mol. The van der Waals surface area contributed by atoms with Gasteiger partial charge in [-0.3, -0.25) is 0 Å². The third kappa shape index (κ3) is 2.66. The molecule has 0 atom stereocenters. The number of aromatic nitrogens is 2. The van der Waals surface area contributed by atoms with Crippen LogP contribution in [0.4, 0.5) is 5.69 Å². The van der Waals surface area contributed by atoms with Crippen molar-refractivity contribution in [3.63, 3.8) is 0 Å². The molecule has 2 aromatic rings. The first-order chi connectivity index (χ1) is 7.38. The highest BCUT2D eigenvalue weighted by molar-refractivity contribution is 7.07. The lowest BCUT2D eigenvalue weighted by molar-refractivity contribution is 0.398.